The van der Waals surface area contributed by atoms with E-state index >= 15 is 0 Å². The second-order valence-electron chi connectivity index (χ2n) is 17.9. The van der Waals surface area contributed by atoms with Crippen LogP contribution in [0.3, 0.4) is 0 Å². The Morgan fingerprint density at radius 3 is 1.43 bits per heavy atom. The van der Waals surface area contributed by atoms with Gasteiger partial charge in [0.05, 0.1) is 5.41 Å². The van der Waals surface area contributed by atoms with Gasteiger partial charge in [0, 0.05) is 47.1 Å². The van der Waals surface area contributed by atoms with Gasteiger partial charge in [0.25, 0.3) is 0 Å². The van der Waals surface area contributed by atoms with E-state index in [4.69, 9.17) is 19.9 Å². The van der Waals surface area contributed by atoms with E-state index in [9.17, 15) is 0 Å². The molecule has 10 rings (SSSR count). The minimum Gasteiger partial charge on any atom is -0.236 e. The van der Waals surface area contributed by atoms with Gasteiger partial charge < -0.3 is 0 Å². The fourth-order valence-corrected chi connectivity index (χ4v) is 9.22. The van der Waals surface area contributed by atoms with Crippen LogP contribution in [0.25, 0.3) is 61.5 Å². The highest BCUT2D eigenvalue weighted by molar-refractivity contribution is 5.96. The van der Waals surface area contributed by atoms with Crippen molar-refractivity contribution in [3.63, 3.8) is 0 Å². The molecule has 282 valence electrons. The molecule has 7 aromatic rings. The first-order valence-corrected chi connectivity index (χ1v) is 20.3. The van der Waals surface area contributed by atoms with Gasteiger partial charge in [0.2, 0.25) is 0 Å². The van der Waals surface area contributed by atoms with E-state index in [1.165, 1.54) is 55.6 Å². The van der Waals surface area contributed by atoms with Crippen molar-refractivity contribution in [1.29, 1.82) is 0 Å². The van der Waals surface area contributed by atoms with Crippen molar-refractivity contribution >= 4 is 5.57 Å². The molecule has 0 N–H and O–H groups in total. The third kappa shape index (κ3) is 5.73. The van der Waals surface area contributed by atoms with Crippen molar-refractivity contribution in [3.05, 3.63) is 198 Å². The van der Waals surface area contributed by atoms with Crippen LogP contribution in [0.15, 0.2) is 164 Å². The molecule has 4 nitrogen and oxygen atoms in total. The van der Waals surface area contributed by atoms with Crippen molar-refractivity contribution in [1.82, 2.24) is 19.9 Å². The Balaban J connectivity index is 1.06. The summed E-state index contributed by atoms with van der Waals surface area (Å²) in [6.45, 7) is 13.5. The van der Waals surface area contributed by atoms with Gasteiger partial charge in [-0.05, 0) is 96.2 Å². The molecule has 2 aromatic heterocycles. The summed E-state index contributed by atoms with van der Waals surface area (Å²) in [6.07, 6.45) is 17.7. The molecule has 0 aliphatic heterocycles. The number of hydrogen-bond donors (Lipinski definition) is 0. The lowest BCUT2D eigenvalue weighted by molar-refractivity contribution is 0.515. The monoisotopic (exact) mass is 750 g/mol. The van der Waals surface area contributed by atoms with Crippen molar-refractivity contribution < 1.29 is 0 Å². The average molecular weight is 751 g/mol. The Hall–Kier alpha value is -6.52. The van der Waals surface area contributed by atoms with E-state index in [2.05, 4.69) is 175 Å². The van der Waals surface area contributed by atoms with Crippen LogP contribution in [0.1, 0.15) is 81.6 Å². The predicted octanol–water partition coefficient (Wildman–Crippen LogP) is 13.2. The van der Waals surface area contributed by atoms with E-state index < -0.39 is 5.41 Å². The Kier molecular flexibility index (Phi) is 8.21. The van der Waals surface area contributed by atoms with Gasteiger partial charge in [0.15, 0.2) is 11.6 Å². The Morgan fingerprint density at radius 1 is 0.431 bits per heavy atom. The van der Waals surface area contributed by atoms with Crippen LogP contribution in [0.5, 0.6) is 0 Å². The summed E-state index contributed by atoms with van der Waals surface area (Å²) in [6, 6.07) is 40.3. The zero-order valence-electron chi connectivity index (χ0n) is 34.0. The minimum atomic E-state index is -0.506. The van der Waals surface area contributed by atoms with Crippen LogP contribution in [0.2, 0.25) is 0 Å². The summed E-state index contributed by atoms with van der Waals surface area (Å²) >= 11 is 0. The predicted molar refractivity (Wildman–Crippen MR) is 238 cm³/mol. The molecule has 0 unspecified atom stereocenters. The second kappa shape index (κ2) is 13.3. The number of fused-ring (bicyclic) bond motifs is 10. The molecule has 4 heteroatoms. The topological polar surface area (TPSA) is 51.6 Å². The maximum atomic E-state index is 4.92. The molecule has 0 saturated heterocycles. The fraction of sp³-hybridized carbons (Fsp3) is 0.185. The van der Waals surface area contributed by atoms with E-state index in [1.807, 2.05) is 24.8 Å². The molecule has 0 fully saturated rings. The molecule has 1 spiro atoms. The Bertz CT molecular complexity index is 2800. The third-order valence-electron chi connectivity index (χ3n) is 12.3. The standard InChI is InChI=1S/C54H46N4/c1-52(2,3)40-13-11-12-34(18-23-40)50-55-30-38(31-56-50)36-21-26-44-45-27-22-37(39-32-57-51(58-33-39)35-19-24-41(25-20-35)53(4,5)6)29-49(45)54(48(44)28-36)46-16-9-7-14-42(46)43-15-8-10-17-47(43)54/h7-10,12-33H,11H2,1-6H3. The summed E-state index contributed by atoms with van der Waals surface area (Å²) in [7, 11) is 0. The largest absolute Gasteiger partial charge is 0.236 e. The molecule has 58 heavy (non-hydrogen) atoms. The van der Waals surface area contributed by atoms with Gasteiger partial charge in [0.1, 0.15) is 0 Å². The number of rotatable bonds is 4. The summed E-state index contributed by atoms with van der Waals surface area (Å²) in [5.74, 6) is 1.47. The van der Waals surface area contributed by atoms with E-state index in [0.29, 0.717) is 0 Å². The SMILES string of the molecule is CC(C)(C)C1=CCC=C(c2ncc(-c3ccc4c(c3)C3(c5ccccc5-c5ccccc53)c3cc(-c5cnc(-c6ccc(C(C)(C)C)cc6)nc5)ccc3-4)cn2)C=C1. The van der Waals surface area contributed by atoms with Gasteiger partial charge in [-0.3, -0.25) is 0 Å². The maximum absolute atomic E-state index is 4.92. The highest BCUT2D eigenvalue weighted by Crippen LogP contribution is 2.63. The molecule has 0 amide bonds. The molecule has 0 atom stereocenters. The molecular formula is C54H46N4. The van der Waals surface area contributed by atoms with Crippen molar-refractivity contribution in [3.8, 4) is 55.9 Å². The van der Waals surface area contributed by atoms with Crippen molar-refractivity contribution in [2.24, 2.45) is 5.41 Å². The third-order valence-corrected chi connectivity index (χ3v) is 12.3. The van der Waals surface area contributed by atoms with Crippen LogP contribution >= 0.6 is 0 Å². The van der Waals surface area contributed by atoms with Gasteiger partial charge in [-0.2, -0.15) is 0 Å². The molecule has 2 heterocycles. The fourth-order valence-electron chi connectivity index (χ4n) is 9.22. The highest BCUT2D eigenvalue weighted by Gasteiger charge is 2.51. The number of allylic oxidation sites excluding steroid dienone is 6. The van der Waals surface area contributed by atoms with Crippen molar-refractivity contribution in [2.75, 3.05) is 0 Å². The Morgan fingerprint density at radius 2 is 0.914 bits per heavy atom. The quantitative estimate of drug-likeness (QED) is 0.180. The summed E-state index contributed by atoms with van der Waals surface area (Å²) in [5.41, 5.74) is 18.8. The van der Waals surface area contributed by atoms with Crippen LogP contribution in [-0.4, -0.2) is 19.9 Å². The normalized spacial score (nSPS) is 14.9. The van der Waals surface area contributed by atoms with Crippen LogP contribution in [0, 0.1) is 5.41 Å². The van der Waals surface area contributed by atoms with Crippen LogP contribution in [0.4, 0.5) is 0 Å². The molecular weight excluding hydrogens is 705 g/mol. The average Bonchev–Trinajstić information content (AvgIpc) is 3.54. The van der Waals surface area contributed by atoms with E-state index in [0.717, 1.165) is 51.5 Å². The summed E-state index contributed by atoms with van der Waals surface area (Å²) in [4.78, 5) is 19.6. The summed E-state index contributed by atoms with van der Waals surface area (Å²) in [5, 5.41) is 0. The zero-order valence-corrected chi connectivity index (χ0v) is 34.0. The van der Waals surface area contributed by atoms with E-state index in [-0.39, 0.29) is 10.8 Å². The second-order valence-corrected chi connectivity index (χ2v) is 17.9. The zero-order chi connectivity index (χ0) is 39.8. The van der Waals surface area contributed by atoms with Gasteiger partial charge in [-0.15, -0.1) is 0 Å². The van der Waals surface area contributed by atoms with Crippen LogP contribution in [-0.2, 0) is 10.8 Å². The minimum absolute atomic E-state index is 0.0924. The highest BCUT2D eigenvalue weighted by atomic mass is 14.9. The lowest BCUT2D eigenvalue weighted by atomic mass is 9.70. The first-order valence-electron chi connectivity index (χ1n) is 20.3. The number of aromatic nitrogens is 4. The van der Waals surface area contributed by atoms with E-state index in [1.54, 1.807) is 0 Å². The molecule has 5 aromatic carbocycles. The summed E-state index contributed by atoms with van der Waals surface area (Å²) < 4.78 is 0. The molecule has 0 bridgehead atoms. The lowest BCUT2D eigenvalue weighted by Gasteiger charge is -2.31. The molecule has 3 aliphatic rings. The lowest BCUT2D eigenvalue weighted by Crippen LogP contribution is -2.26. The molecule has 3 aliphatic carbocycles. The number of benzene rings is 5. The molecule has 0 saturated carbocycles. The number of hydrogen-bond acceptors (Lipinski definition) is 4. The number of nitrogens with zero attached hydrogens (tertiary/aromatic N) is 4. The molecule has 0 radical (unpaired) electrons. The van der Waals surface area contributed by atoms with Gasteiger partial charge in [-0.25, -0.2) is 19.9 Å². The van der Waals surface area contributed by atoms with Gasteiger partial charge in [-0.1, -0.05) is 163 Å². The first-order chi connectivity index (χ1) is 28.0. The van der Waals surface area contributed by atoms with Gasteiger partial charge >= 0.3 is 0 Å². The van der Waals surface area contributed by atoms with Crippen molar-refractivity contribution in [2.45, 2.75) is 58.8 Å². The first kappa shape index (κ1) is 35.9. The Labute approximate surface area is 341 Å². The van der Waals surface area contributed by atoms with Crippen LogP contribution < -0.4 is 0 Å². The maximum Gasteiger partial charge on any atom is 0.159 e. The smallest absolute Gasteiger partial charge is 0.159 e.